The van der Waals surface area contributed by atoms with Crippen LogP contribution in [0.2, 0.25) is 0 Å². The van der Waals surface area contributed by atoms with Crippen LogP contribution in [0.1, 0.15) is 10.4 Å². The van der Waals surface area contributed by atoms with Gasteiger partial charge in [0, 0.05) is 16.8 Å². The van der Waals surface area contributed by atoms with E-state index in [0.29, 0.717) is 39.5 Å². The van der Waals surface area contributed by atoms with Gasteiger partial charge in [-0.15, -0.1) is 12.4 Å². The summed E-state index contributed by atoms with van der Waals surface area (Å²) in [6.45, 7) is 0. The number of rotatable bonds is 3. The van der Waals surface area contributed by atoms with E-state index in [1.165, 1.54) is 6.20 Å². The average molecular weight is 383 g/mol. The Bertz CT molecular complexity index is 1130. The Morgan fingerprint density at radius 1 is 1.15 bits per heavy atom. The molecule has 136 valence electrons. The number of para-hydroxylation sites is 1. The molecule has 0 bridgehead atoms. The molecule has 4 aromatic rings. The van der Waals surface area contributed by atoms with Crippen LogP contribution in [0, 0.1) is 0 Å². The fourth-order valence-corrected chi connectivity index (χ4v) is 2.57. The topological polar surface area (TPSA) is 130 Å². The molecule has 0 spiro atoms. The molecule has 5 N–H and O–H groups in total. The van der Waals surface area contributed by atoms with Gasteiger partial charge in [0.25, 0.3) is 5.91 Å². The second kappa shape index (κ2) is 7.30. The van der Waals surface area contributed by atoms with Gasteiger partial charge in [0.05, 0.1) is 11.9 Å². The van der Waals surface area contributed by atoms with Crippen LogP contribution in [0.5, 0.6) is 5.75 Å². The number of halogens is 1. The molecule has 0 radical (unpaired) electrons. The number of phenolic OH excluding ortho intramolecular Hbond substituents is 1. The molecule has 0 aliphatic rings. The van der Waals surface area contributed by atoms with Gasteiger partial charge < -0.3 is 16.2 Å². The number of anilines is 2. The van der Waals surface area contributed by atoms with E-state index in [1.54, 1.807) is 48.5 Å². The third-order valence-corrected chi connectivity index (χ3v) is 3.83. The quantitative estimate of drug-likeness (QED) is 0.403. The largest absolute Gasteiger partial charge is 0.507 e. The maximum atomic E-state index is 12.4. The zero-order valence-corrected chi connectivity index (χ0v) is 14.7. The highest BCUT2D eigenvalue weighted by molar-refractivity contribution is 6.07. The van der Waals surface area contributed by atoms with Gasteiger partial charge in [0.1, 0.15) is 5.75 Å². The van der Waals surface area contributed by atoms with E-state index >= 15 is 0 Å². The minimum Gasteiger partial charge on any atom is -0.507 e. The van der Waals surface area contributed by atoms with Crippen molar-refractivity contribution in [1.82, 2.24) is 20.2 Å². The van der Waals surface area contributed by atoms with Crippen LogP contribution in [0.3, 0.4) is 0 Å². The number of nitrogens with two attached hydrogens (primary N) is 1. The van der Waals surface area contributed by atoms with Crippen molar-refractivity contribution < 1.29 is 9.90 Å². The summed E-state index contributed by atoms with van der Waals surface area (Å²) in [7, 11) is 0. The van der Waals surface area contributed by atoms with Crippen LogP contribution in [0.25, 0.3) is 22.4 Å². The fraction of sp³-hybridized carbons (Fsp3) is 0. The number of aromatic nitrogens is 4. The average Bonchev–Trinajstić information content (AvgIpc) is 3.04. The van der Waals surface area contributed by atoms with E-state index in [1.807, 2.05) is 0 Å². The molecule has 0 saturated heterocycles. The molecule has 2 aromatic carbocycles. The molecule has 9 heteroatoms. The highest BCUT2D eigenvalue weighted by Gasteiger charge is 2.15. The molecule has 2 heterocycles. The van der Waals surface area contributed by atoms with E-state index in [4.69, 9.17) is 5.73 Å². The highest BCUT2D eigenvalue weighted by Crippen LogP contribution is 2.28. The van der Waals surface area contributed by atoms with Crippen LogP contribution in [0.15, 0.2) is 54.7 Å². The van der Waals surface area contributed by atoms with Crippen molar-refractivity contribution in [3.63, 3.8) is 0 Å². The van der Waals surface area contributed by atoms with E-state index in [-0.39, 0.29) is 24.1 Å². The van der Waals surface area contributed by atoms with Gasteiger partial charge in [-0.25, -0.2) is 9.97 Å². The Morgan fingerprint density at radius 2 is 1.96 bits per heavy atom. The summed E-state index contributed by atoms with van der Waals surface area (Å²) in [6.07, 6.45) is 1.52. The summed E-state index contributed by atoms with van der Waals surface area (Å²) in [5, 5.41) is 19.5. The van der Waals surface area contributed by atoms with Crippen molar-refractivity contribution in [2.45, 2.75) is 0 Å². The molecular formula is C18H15ClN6O2. The maximum Gasteiger partial charge on any atom is 0.256 e. The Kier molecular flexibility index (Phi) is 4.91. The molecule has 4 rings (SSSR count). The van der Waals surface area contributed by atoms with Gasteiger partial charge in [-0.1, -0.05) is 18.2 Å². The number of benzene rings is 2. The minimum atomic E-state index is -0.349. The number of amides is 1. The number of carbonyl (C=O) groups is 1. The number of nitrogens with one attached hydrogen (secondary N) is 2. The first-order valence-electron chi connectivity index (χ1n) is 7.78. The Balaban J connectivity index is 0.00000210. The van der Waals surface area contributed by atoms with Gasteiger partial charge in [-0.3, -0.25) is 9.89 Å². The Morgan fingerprint density at radius 3 is 2.74 bits per heavy atom. The van der Waals surface area contributed by atoms with Gasteiger partial charge in [0.15, 0.2) is 11.3 Å². The molecular weight excluding hydrogens is 368 g/mol. The number of carbonyl (C=O) groups excluding carboxylic acids is 1. The second-order valence-corrected chi connectivity index (χ2v) is 5.62. The summed E-state index contributed by atoms with van der Waals surface area (Å²) < 4.78 is 0. The van der Waals surface area contributed by atoms with Crippen molar-refractivity contribution in [1.29, 1.82) is 0 Å². The predicted octanol–water partition coefficient (Wildman–Crippen LogP) is 2.98. The standard InChI is InChI=1S/C18H14N6O2.ClH/c19-11-5-3-4-10(8-11)18(26)22-17-15-16(23-24-17)20-9-13(21-15)12-6-1-2-7-14(12)25;/h1-9,25H,19H2,(H2,20,22,23,24,26);1H. The van der Waals surface area contributed by atoms with Crippen molar-refractivity contribution in [2.24, 2.45) is 0 Å². The first-order valence-corrected chi connectivity index (χ1v) is 7.78. The normalized spacial score (nSPS) is 10.4. The van der Waals surface area contributed by atoms with Crippen molar-refractivity contribution in [3.05, 3.63) is 60.3 Å². The van der Waals surface area contributed by atoms with E-state index in [0.717, 1.165) is 0 Å². The number of H-pyrrole nitrogens is 1. The monoisotopic (exact) mass is 382 g/mol. The summed E-state index contributed by atoms with van der Waals surface area (Å²) >= 11 is 0. The summed E-state index contributed by atoms with van der Waals surface area (Å²) in [4.78, 5) is 21.1. The second-order valence-electron chi connectivity index (χ2n) is 5.62. The highest BCUT2D eigenvalue weighted by atomic mass is 35.5. The van der Waals surface area contributed by atoms with Crippen LogP contribution in [-0.4, -0.2) is 31.2 Å². The lowest BCUT2D eigenvalue weighted by atomic mass is 10.1. The molecule has 0 saturated carbocycles. The first-order chi connectivity index (χ1) is 12.6. The predicted molar refractivity (Wildman–Crippen MR) is 105 cm³/mol. The lowest BCUT2D eigenvalue weighted by Crippen LogP contribution is -2.12. The molecule has 8 nitrogen and oxygen atoms in total. The first kappa shape index (κ1) is 18.2. The summed E-state index contributed by atoms with van der Waals surface area (Å²) in [5.41, 5.74) is 8.37. The van der Waals surface area contributed by atoms with Crippen LogP contribution < -0.4 is 11.1 Å². The van der Waals surface area contributed by atoms with Gasteiger partial charge in [-0.2, -0.15) is 5.10 Å². The number of nitrogens with zero attached hydrogens (tertiary/aromatic N) is 3. The summed E-state index contributed by atoms with van der Waals surface area (Å²) in [5.74, 6) is 0.0600. The fourth-order valence-electron chi connectivity index (χ4n) is 2.57. The number of nitrogen functional groups attached to an aromatic ring is 1. The SMILES string of the molecule is Cl.Nc1cccc(C(=O)Nc2[nH]nc3ncc(-c4ccccc4O)nc23)c1. The third kappa shape index (κ3) is 3.51. The molecule has 27 heavy (non-hydrogen) atoms. The number of hydrogen-bond acceptors (Lipinski definition) is 6. The third-order valence-electron chi connectivity index (χ3n) is 3.83. The van der Waals surface area contributed by atoms with Gasteiger partial charge in [-0.05, 0) is 30.3 Å². The van der Waals surface area contributed by atoms with Crippen LogP contribution >= 0.6 is 12.4 Å². The van der Waals surface area contributed by atoms with Crippen molar-refractivity contribution >= 4 is 41.0 Å². The maximum absolute atomic E-state index is 12.4. The molecule has 0 aliphatic heterocycles. The zero-order chi connectivity index (χ0) is 18.1. The molecule has 0 atom stereocenters. The Labute approximate surface area is 159 Å². The van der Waals surface area contributed by atoms with E-state index < -0.39 is 0 Å². The molecule has 1 amide bonds. The van der Waals surface area contributed by atoms with Crippen molar-refractivity contribution in [3.8, 4) is 17.0 Å². The van der Waals surface area contributed by atoms with E-state index in [9.17, 15) is 9.90 Å². The number of fused-ring (bicyclic) bond motifs is 1. The minimum absolute atomic E-state index is 0. The van der Waals surface area contributed by atoms with Gasteiger partial charge >= 0.3 is 0 Å². The number of aromatic hydroxyl groups is 1. The molecule has 2 aromatic heterocycles. The Hall–Kier alpha value is -3.65. The lowest BCUT2D eigenvalue weighted by Gasteiger charge is -2.05. The van der Waals surface area contributed by atoms with Gasteiger partial charge in [0.2, 0.25) is 5.65 Å². The lowest BCUT2D eigenvalue weighted by molar-refractivity contribution is 0.102. The van der Waals surface area contributed by atoms with Crippen LogP contribution in [-0.2, 0) is 0 Å². The molecule has 0 unspecified atom stereocenters. The zero-order valence-electron chi connectivity index (χ0n) is 13.9. The smallest absolute Gasteiger partial charge is 0.256 e. The molecule has 0 aliphatic carbocycles. The number of aromatic amines is 1. The summed E-state index contributed by atoms with van der Waals surface area (Å²) in [6, 6.07) is 13.4. The molecule has 0 fully saturated rings. The van der Waals surface area contributed by atoms with E-state index in [2.05, 4.69) is 25.5 Å². The van der Waals surface area contributed by atoms with Crippen LogP contribution in [0.4, 0.5) is 11.5 Å². The van der Waals surface area contributed by atoms with Crippen molar-refractivity contribution in [2.75, 3.05) is 11.1 Å². The number of phenols is 1. The number of hydrogen-bond donors (Lipinski definition) is 4.